The fourth-order valence-corrected chi connectivity index (χ4v) is 1.24. The zero-order valence-electron chi connectivity index (χ0n) is 6.74. The second kappa shape index (κ2) is 4.76. The molecule has 0 aromatic heterocycles. The Labute approximate surface area is 72.6 Å². The maximum absolute atomic E-state index is 11.0. The van der Waals surface area contributed by atoms with Gasteiger partial charge in [-0.15, -0.1) is 12.3 Å². The molecule has 0 radical (unpaired) electrons. The molecule has 0 heterocycles. The molecule has 0 saturated heterocycles. The highest BCUT2D eigenvalue weighted by Crippen LogP contribution is 1.95. The number of hydrogen-bond acceptors (Lipinski definition) is 3. The first-order valence-corrected chi connectivity index (χ1v) is 4.90. The molecule has 0 saturated carbocycles. The van der Waals surface area contributed by atoms with E-state index in [2.05, 4.69) is 10.6 Å². The van der Waals surface area contributed by atoms with E-state index in [1.165, 1.54) is 6.92 Å². The zero-order chi connectivity index (χ0) is 9.61. The summed E-state index contributed by atoms with van der Waals surface area (Å²) in [4.78, 5) is 0. The van der Waals surface area contributed by atoms with E-state index in [0.717, 1.165) is 0 Å². The average Bonchev–Trinajstić information content (AvgIpc) is 2.03. The van der Waals surface area contributed by atoms with Gasteiger partial charge in [0.15, 0.2) is 5.25 Å². The third kappa shape index (κ3) is 3.38. The summed E-state index contributed by atoms with van der Waals surface area (Å²) in [6.07, 6.45) is 5.25. The van der Waals surface area contributed by atoms with Gasteiger partial charge in [-0.1, -0.05) is 0 Å². The largest absolute Gasteiger partial charge is 0.227 e. The van der Waals surface area contributed by atoms with E-state index < -0.39 is 15.3 Å². The fourth-order valence-electron chi connectivity index (χ4n) is 0.460. The molecular formula is C7H10N2O2S. The highest BCUT2D eigenvalue weighted by molar-refractivity contribution is 7.90. The lowest BCUT2D eigenvalue weighted by Gasteiger charge is -2.05. The highest BCUT2D eigenvalue weighted by atomic mass is 32.2. The standard InChI is InChI=1S/C7H10N2O2S/c1-3-4-5-9-12(10,11)7(2)6-8/h1,7,9H,4-5H2,2H3. The summed E-state index contributed by atoms with van der Waals surface area (Å²) in [5.74, 6) is 2.29. The van der Waals surface area contributed by atoms with E-state index in [9.17, 15) is 8.42 Å². The van der Waals surface area contributed by atoms with Crippen molar-refractivity contribution in [3.8, 4) is 18.4 Å². The first kappa shape index (κ1) is 11.0. The zero-order valence-corrected chi connectivity index (χ0v) is 7.56. The Hall–Kier alpha value is -1.04. The summed E-state index contributed by atoms with van der Waals surface area (Å²) in [5.41, 5.74) is 0. The minimum Gasteiger partial charge on any atom is -0.213 e. The summed E-state index contributed by atoms with van der Waals surface area (Å²) in [6.45, 7) is 1.50. The van der Waals surface area contributed by atoms with Gasteiger partial charge in [0.2, 0.25) is 10.0 Å². The van der Waals surface area contributed by atoms with Crippen molar-refractivity contribution in [3.63, 3.8) is 0 Å². The van der Waals surface area contributed by atoms with Gasteiger partial charge in [0.25, 0.3) is 0 Å². The molecule has 0 amide bonds. The van der Waals surface area contributed by atoms with Gasteiger partial charge in [-0.2, -0.15) is 5.26 Å². The second-order valence-electron chi connectivity index (χ2n) is 2.16. The van der Waals surface area contributed by atoms with Crippen molar-refractivity contribution in [1.29, 1.82) is 5.26 Å². The monoisotopic (exact) mass is 186 g/mol. The lowest BCUT2D eigenvalue weighted by Crippen LogP contribution is -2.32. The van der Waals surface area contributed by atoms with Crippen LogP contribution in [0.1, 0.15) is 13.3 Å². The summed E-state index contributed by atoms with van der Waals surface area (Å²) < 4.78 is 24.3. The molecule has 5 heteroatoms. The summed E-state index contributed by atoms with van der Waals surface area (Å²) in [6, 6.07) is 1.63. The maximum Gasteiger partial charge on any atom is 0.227 e. The number of terminal acetylenes is 1. The summed E-state index contributed by atoms with van der Waals surface area (Å²) in [5, 5.41) is 7.29. The van der Waals surface area contributed by atoms with Gasteiger partial charge in [-0.3, -0.25) is 0 Å². The van der Waals surface area contributed by atoms with Crippen LogP contribution < -0.4 is 4.72 Å². The van der Waals surface area contributed by atoms with Crippen LogP contribution in [-0.2, 0) is 10.0 Å². The highest BCUT2D eigenvalue weighted by Gasteiger charge is 2.18. The Kier molecular flexibility index (Phi) is 4.35. The van der Waals surface area contributed by atoms with E-state index in [1.54, 1.807) is 6.07 Å². The van der Waals surface area contributed by atoms with Crippen molar-refractivity contribution in [1.82, 2.24) is 4.72 Å². The molecule has 1 N–H and O–H groups in total. The molecule has 66 valence electrons. The Bertz CT molecular complexity index is 307. The predicted octanol–water partition coefficient (Wildman–Crippen LogP) is -0.159. The second-order valence-corrected chi connectivity index (χ2v) is 4.25. The molecule has 0 aliphatic rings. The fraction of sp³-hybridized carbons (Fsp3) is 0.571. The molecule has 0 aliphatic carbocycles. The van der Waals surface area contributed by atoms with Crippen LogP contribution >= 0.6 is 0 Å². The van der Waals surface area contributed by atoms with Gasteiger partial charge in [-0.05, 0) is 6.92 Å². The number of nitrogens with zero attached hydrogens (tertiary/aromatic N) is 1. The molecule has 0 fully saturated rings. The number of rotatable bonds is 4. The topological polar surface area (TPSA) is 70.0 Å². The maximum atomic E-state index is 11.0. The van der Waals surface area contributed by atoms with Crippen LogP contribution in [0.5, 0.6) is 0 Å². The predicted molar refractivity (Wildman–Crippen MR) is 45.4 cm³/mol. The van der Waals surface area contributed by atoms with Gasteiger partial charge in [0.1, 0.15) is 0 Å². The minimum atomic E-state index is -3.49. The van der Waals surface area contributed by atoms with Crippen LogP contribution in [-0.4, -0.2) is 20.2 Å². The number of sulfonamides is 1. The van der Waals surface area contributed by atoms with E-state index >= 15 is 0 Å². The molecule has 0 aromatic rings. The first-order valence-electron chi connectivity index (χ1n) is 3.36. The van der Waals surface area contributed by atoms with Crippen LogP contribution in [0.15, 0.2) is 0 Å². The summed E-state index contributed by atoms with van der Waals surface area (Å²) >= 11 is 0. The first-order chi connectivity index (χ1) is 5.54. The van der Waals surface area contributed by atoms with Gasteiger partial charge in [0.05, 0.1) is 6.07 Å². The van der Waals surface area contributed by atoms with Crippen LogP contribution in [0.3, 0.4) is 0 Å². The van der Waals surface area contributed by atoms with E-state index in [0.29, 0.717) is 6.42 Å². The van der Waals surface area contributed by atoms with Crippen molar-refractivity contribution in [3.05, 3.63) is 0 Å². The van der Waals surface area contributed by atoms with Crippen LogP contribution in [0.2, 0.25) is 0 Å². The molecule has 0 spiro atoms. The molecule has 0 aliphatic heterocycles. The number of nitrogens with one attached hydrogen (secondary N) is 1. The Morgan fingerprint density at radius 1 is 1.67 bits per heavy atom. The van der Waals surface area contributed by atoms with Gasteiger partial charge >= 0.3 is 0 Å². The molecule has 12 heavy (non-hydrogen) atoms. The Morgan fingerprint density at radius 3 is 2.67 bits per heavy atom. The van der Waals surface area contributed by atoms with E-state index in [1.807, 2.05) is 0 Å². The normalized spacial score (nSPS) is 12.9. The Morgan fingerprint density at radius 2 is 2.25 bits per heavy atom. The molecule has 0 bridgehead atoms. The third-order valence-electron chi connectivity index (χ3n) is 1.22. The van der Waals surface area contributed by atoms with Crippen molar-refractivity contribution in [2.75, 3.05) is 6.54 Å². The van der Waals surface area contributed by atoms with E-state index in [4.69, 9.17) is 11.7 Å². The van der Waals surface area contributed by atoms with Crippen LogP contribution in [0, 0.1) is 23.7 Å². The Balaban J connectivity index is 4.10. The van der Waals surface area contributed by atoms with Crippen molar-refractivity contribution < 1.29 is 8.42 Å². The molecule has 0 aromatic carbocycles. The quantitative estimate of drug-likeness (QED) is 0.490. The van der Waals surface area contributed by atoms with Gasteiger partial charge < -0.3 is 0 Å². The van der Waals surface area contributed by atoms with Crippen LogP contribution in [0.4, 0.5) is 0 Å². The smallest absolute Gasteiger partial charge is 0.213 e. The molecule has 4 nitrogen and oxygen atoms in total. The van der Waals surface area contributed by atoms with Crippen molar-refractivity contribution in [2.45, 2.75) is 18.6 Å². The molecular weight excluding hydrogens is 176 g/mol. The lowest BCUT2D eigenvalue weighted by molar-refractivity contribution is 0.578. The lowest BCUT2D eigenvalue weighted by atomic mass is 10.5. The molecule has 1 atom stereocenters. The average molecular weight is 186 g/mol. The SMILES string of the molecule is C#CCCNS(=O)(=O)C(C)C#N. The number of hydrogen-bond donors (Lipinski definition) is 1. The van der Waals surface area contributed by atoms with E-state index in [-0.39, 0.29) is 6.54 Å². The summed E-state index contributed by atoms with van der Waals surface area (Å²) in [7, 11) is -3.49. The van der Waals surface area contributed by atoms with Crippen molar-refractivity contribution >= 4 is 10.0 Å². The van der Waals surface area contributed by atoms with Gasteiger partial charge in [0, 0.05) is 13.0 Å². The number of nitriles is 1. The third-order valence-corrected chi connectivity index (χ3v) is 2.86. The molecule has 0 rings (SSSR count). The minimum absolute atomic E-state index is 0.185. The van der Waals surface area contributed by atoms with Gasteiger partial charge in [-0.25, -0.2) is 13.1 Å². The van der Waals surface area contributed by atoms with Crippen LogP contribution in [0.25, 0.3) is 0 Å². The molecule has 1 unspecified atom stereocenters. The van der Waals surface area contributed by atoms with Crippen molar-refractivity contribution in [2.24, 2.45) is 0 Å².